The summed E-state index contributed by atoms with van der Waals surface area (Å²) in [5.41, 5.74) is -0.835. The Hall–Kier alpha value is -1.09. The molecule has 92 valence electrons. The molecule has 0 fully saturated rings. The molecule has 0 aliphatic carbocycles. The van der Waals surface area contributed by atoms with Crippen molar-refractivity contribution < 1.29 is 9.90 Å². The van der Waals surface area contributed by atoms with E-state index in [1.807, 2.05) is 26.8 Å². The van der Waals surface area contributed by atoms with Gasteiger partial charge >= 0.3 is 0 Å². The van der Waals surface area contributed by atoms with Gasteiger partial charge < -0.3 is 10.4 Å². The fraction of sp³-hybridized carbons (Fsp3) is 0.615. The van der Waals surface area contributed by atoms with Crippen LogP contribution in [0.4, 0.5) is 0 Å². The van der Waals surface area contributed by atoms with E-state index in [2.05, 4.69) is 5.32 Å². The van der Waals surface area contributed by atoms with Crippen LogP contribution in [0.1, 0.15) is 34.1 Å². The third-order valence-electron chi connectivity index (χ3n) is 2.04. The minimum Gasteiger partial charge on any atom is -0.388 e. The molecule has 0 aromatic heterocycles. The maximum absolute atomic E-state index is 11.3. The maximum atomic E-state index is 11.3. The van der Waals surface area contributed by atoms with Crippen LogP contribution in [0.15, 0.2) is 24.3 Å². The molecule has 0 radical (unpaired) electrons. The third kappa shape index (κ3) is 8.24. The highest BCUT2D eigenvalue weighted by Gasteiger charge is 2.21. The average Bonchev–Trinajstić information content (AvgIpc) is 2.13. The lowest BCUT2D eigenvalue weighted by atomic mass is 9.94. The van der Waals surface area contributed by atoms with Crippen LogP contribution in [0.2, 0.25) is 0 Å². The van der Waals surface area contributed by atoms with E-state index < -0.39 is 5.60 Å². The number of hydrogen-bond donors (Lipinski definition) is 2. The smallest absolute Gasteiger partial charge is 0.244 e. The monoisotopic (exact) mass is 225 g/mol. The second kappa shape index (κ2) is 7.23. The van der Waals surface area contributed by atoms with Gasteiger partial charge in [-0.2, -0.15) is 0 Å². The normalized spacial score (nSPS) is 15.9. The second-order valence-electron chi connectivity index (χ2n) is 4.70. The van der Waals surface area contributed by atoms with Gasteiger partial charge in [-0.05, 0) is 26.2 Å². The van der Waals surface area contributed by atoms with Crippen LogP contribution in [0.5, 0.6) is 0 Å². The van der Waals surface area contributed by atoms with Crippen molar-refractivity contribution in [3.05, 3.63) is 24.3 Å². The summed E-state index contributed by atoms with van der Waals surface area (Å²) in [6.45, 7) is 7.99. The summed E-state index contributed by atoms with van der Waals surface area (Å²) in [5.74, 6) is 0.229. The van der Waals surface area contributed by atoms with Crippen molar-refractivity contribution >= 4 is 5.91 Å². The topological polar surface area (TPSA) is 49.3 Å². The van der Waals surface area contributed by atoms with Gasteiger partial charge in [0.15, 0.2) is 0 Å². The fourth-order valence-electron chi connectivity index (χ4n) is 1.54. The highest BCUT2D eigenvalue weighted by Crippen LogP contribution is 2.14. The van der Waals surface area contributed by atoms with Crippen molar-refractivity contribution in [3.8, 4) is 0 Å². The molecule has 0 aromatic carbocycles. The Kier molecular flexibility index (Phi) is 6.74. The molecule has 0 heterocycles. The summed E-state index contributed by atoms with van der Waals surface area (Å²) in [7, 11) is 0. The molecule has 3 nitrogen and oxygen atoms in total. The first-order valence-corrected chi connectivity index (χ1v) is 5.67. The van der Waals surface area contributed by atoms with Crippen molar-refractivity contribution in [2.24, 2.45) is 5.92 Å². The first-order chi connectivity index (χ1) is 7.37. The van der Waals surface area contributed by atoms with Gasteiger partial charge in [-0.15, -0.1) is 0 Å². The van der Waals surface area contributed by atoms with Crippen molar-refractivity contribution in [1.29, 1.82) is 0 Å². The highest BCUT2D eigenvalue weighted by atomic mass is 16.3. The first kappa shape index (κ1) is 14.9. The maximum Gasteiger partial charge on any atom is 0.244 e. The molecular weight excluding hydrogens is 202 g/mol. The SMILES string of the molecule is CC=CC=CC(=O)NCC(C)(O)CC(C)C. The van der Waals surface area contributed by atoms with Crippen molar-refractivity contribution in [2.45, 2.75) is 39.7 Å². The van der Waals surface area contributed by atoms with Crippen molar-refractivity contribution in [3.63, 3.8) is 0 Å². The minimum atomic E-state index is -0.835. The number of carbonyl (C=O) groups is 1. The number of allylic oxidation sites excluding steroid dienone is 3. The average molecular weight is 225 g/mol. The summed E-state index contributed by atoms with van der Waals surface area (Å²) in [4.78, 5) is 11.3. The Morgan fingerprint density at radius 1 is 1.44 bits per heavy atom. The number of amides is 1. The first-order valence-electron chi connectivity index (χ1n) is 5.67. The van der Waals surface area contributed by atoms with Crippen molar-refractivity contribution in [1.82, 2.24) is 5.32 Å². The Labute approximate surface area is 98.2 Å². The predicted octanol–water partition coefficient (Wildman–Crippen LogP) is 2.03. The fourth-order valence-corrected chi connectivity index (χ4v) is 1.54. The summed E-state index contributed by atoms with van der Waals surface area (Å²) >= 11 is 0. The minimum absolute atomic E-state index is 0.179. The van der Waals surface area contributed by atoms with E-state index in [1.54, 1.807) is 19.1 Å². The Bertz CT molecular complexity index is 265. The standard InChI is InChI=1S/C13H23NO2/c1-5-6-7-8-12(15)14-10-13(4,16)9-11(2)3/h5-8,11,16H,9-10H2,1-4H3,(H,14,15). The lowest BCUT2D eigenvalue weighted by Gasteiger charge is -2.25. The zero-order chi connectivity index (χ0) is 12.6. The predicted molar refractivity (Wildman–Crippen MR) is 67.0 cm³/mol. The van der Waals surface area contributed by atoms with Gasteiger partial charge in [0.2, 0.25) is 5.91 Å². The van der Waals surface area contributed by atoms with Gasteiger partial charge in [0.05, 0.1) is 5.60 Å². The van der Waals surface area contributed by atoms with Crippen LogP contribution < -0.4 is 5.32 Å². The van der Waals surface area contributed by atoms with E-state index in [0.29, 0.717) is 12.3 Å². The molecule has 0 saturated heterocycles. The van der Waals surface area contributed by atoms with Crippen molar-refractivity contribution in [2.75, 3.05) is 6.54 Å². The van der Waals surface area contributed by atoms with Crippen LogP contribution in [0.25, 0.3) is 0 Å². The molecule has 16 heavy (non-hydrogen) atoms. The lowest BCUT2D eigenvalue weighted by molar-refractivity contribution is -0.117. The van der Waals surface area contributed by atoms with Crippen LogP contribution in [0, 0.1) is 5.92 Å². The van der Waals surface area contributed by atoms with Gasteiger partial charge in [0, 0.05) is 12.6 Å². The molecule has 0 spiro atoms. The molecule has 0 aromatic rings. The molecule has 0 aliphatic rings. The number of aliphatic hydroxyl groups is 1. The summed E-state index contributed by atoms with van der Waals surface area (Å²) in [6.07, 6.45) is 7.42. The van der Waals surface area contributed by atoms with Gasteiger partial charge in [-0.1, -0.05) is 32.1 Å². The second-order valence-corrected chi connectivity index (χ2v) is 4.70. The van der Waals surface area contributed by atoms with Crippen LogP contribution in [-0.2, 0) is 4.79 Å². The Balaban J connectivity index is 3.99. The zero-order valence-corrected chi connectivity index (χ0v) is 10.7. The van der Waals surface area contributed by atoms with E-state index in [0.717, 1.165) is 0 Å². The van der Waals surface area contributed by atoms with Crippen LogP contribution in [-0.4, -0.2) is 23.2 Å². The number of nitrogens with one attached hydrogen (secondary N) is 1. The van der Waals surface area contributed by atoms with E-state index in [9.17, 15) is 9.90 Å². The zero-order valence-electron chi connectivity index (χ0n) is 10.7. The molecule has 0 saturated carbocycles. The number of carbonyl (C=O) groups excluding carboxylic acids is 1. The van der Waals surface area contributed by atoms with Gasteiger partial charge in [-0.3, -0.25) is 4.79 Å². The number of hydrogen-bond acceptors (Lipinski definition) is 2. The molecule has 2 N–H and O–H groups in total. The summed E-state index contributed by atoms with van der Waals surface area (Å²) in [5, 5.41) is 12.6. The summed E-state index contributed by atoms with van der Waals surface area (Å²) in [6, 6.07) is 0. The molecule has 0 bridgehead atoms. The Morgan fingerprint density at radius 2 is 2.06 bits per heavy atom. The van der Waals surface area contributed by atoms with E-state index in [1.165, 1.54) is 6.08 Å². The third-order valence-corrected chi connectivity index (χ3v) is 2.04. The molecule has 1 unspecified atom stereocenters. The lowest BCUT2D eigenvalue weighted by Crippen LogP contribution is -2.40. The largest absolute Gasteiger partial charge is 0.388 e. The molecule has 1 amide bonds. The summed E-state index contributed by atoms with van der Waals surface area (Å²) < 4.78 is 0. The van der Waals surface area contributed by atoms with Gasteiger partial charge in [0.25, 0.3) is 0 Å². The van der Waals surface area contributed by atoms with E-state index in [-0.39, 0.29) is 12.5 Å². The molecular formula is C13H23NO2. The molecule has 0 rings (SSSR count). The van der Waals surface area contributed by atoms with Gasteiger partial charge in [-0.25, -0.2) is 0 Å². The molecule has 0 aliphatic heterocycles. The van der Waals surface area contributed by atoms with Crippen LogP contribution >= 0.6 is 0 Å². The quantitative estimate of drug-likeness (QED) is 0.537. The highest BCUT2D eigenvalue weighted by molar-refractivity contribution is 5.87. The van der Waals surface area contributed by atoms with E-state index >= 15 is 0 Å². The Morgan fingerprint density at radius 3 is 2.56 bits per heavy atom. The van der Waals surface area contributed by atoms with E-state index in [4.69, 9.17) is 0 Å². The van der Waals surface area contributed by atoms with Crippen LogP contribution in [0.3, 0.4) is 0 Å². The number of rotatable bonds is 6. The molecule has 1 atom stereocenters. The van der Waals surface area contributed by atoms with Gasteiger partial charge in [0.1, 0.15) is 0 Å². The molecule has 3 heteroatoms.